The maximum Gasteiger partial charge on any atom is 0.174 e. The van der Waals surface area contributed by atoms with Crippen LogP contribution < -0.4 is 10.1 Å². The second kappa shape index (κ2) is 7.30. The van der Waals surface area contributed by atoms with Crippen LogP contribution in [0.15, 0.2) is 36.4 Å². The molecule has 1 aromatic heterocycles. The van der Waals surface area contributed by atoms with E-state index in [1.165, 1.54) is 4.88 Å². The average molecular weight is 307 g/mol. The highest BCUT2D eigenvalue weighted by molar-refractivity contribution is 7.16. The van der Waals surface area contributed by atoms with Crippen molar-refractivity contribution in [2.75, 3.05) is 6.61 Å². The third-order valence-corrected chi connectivity index (χ3v) is 4.30. The van der Waals surface area contributed by atoms with Crippen LogP contribution in [0.3, 0.4) is 0 Å². The van der Waals surface area contributed by atoms with E-state index < -0.39 is 0 Å². The van der Waals surface area contributed by atoms with Gasteiger partial charge in [0.25, 0.3) is 0 Å². The van der Waals surface area contributed by atoms with Gasteiger partial charge in [-0.05, 0) is 25.1 Å². The van der Waals surface area contributed by atoms with Gasteiger partial charge in [0.15, 0.2) is 6.61 Å². The molecule has 1 atom stereocenters. The molecule has 5 heteroatoms. The third kappa shape index (κ3) is 3.97. The Morgan fingerprint density at radius 1 is 1.35 bits per heavy atom. The SMILES string of the molecule is CC(NCc1ccccc1OCC#N)c1ccc(Cl)s1. The molecular formula is C15H15ClN2OS. The maximum atomic E-state index is 8.59. The zero-order valence-corrected chi connectivity index (χ0v) is 12.7. The van der Waals surface area contributed by atoms with Gasteiger partial charge in [0.1, 0.15) is 11.8 Å². The fraction of sp³-hybridized carbons (Fsp3) is 0.267. The van der Waals surface area contributed by atoms with Gasteiger partial charge in [0.2, 0.25) is 0 Å². The summed E-state index contributed by atoms with van der Waals surface area (Å²) in [5, 5.41) is 12.0. The fourth-order valence-corrected chi connectivity index (χ4v) is 2.91. The summed E-state index contributed by atoms with van der Waals surface area (Å²) < 4.78 is 6.21. The van der Waals surface area contributed by atoms with E-state index in [1.54, 1.807) is 11.3 Å². The Hall–Kier alpha value is -1.54. The van der Waals surface area contributed by atoms with Crippen LogP contribution in [0.4, 0.5) is 0 Å². The van der Waals surface area contributed by atoms with Gasteiger partial charge in [0, 0.05) is 23.0 Å². The predicted octanol–water partition coefficient (Wildman–Crippen LogP) is 4.15. The minimum Gasteiger partial charge on any atom is -0.478 e. The van der Waals surface area contributed by atoms with E-state index in [0.29, 0.717) is 6.54 Å². The zero-order chi connectivity index (χ0) is 14.4. The summed E-state index contributed by atoms with van der Waals surface area (Å²) in [5.41, 5.74) is 1.04. The van der Waals surface area contributed by atoms with Crippen molar-refractivity contribution in [2.24, 2.45) is 0 Å². The molecule has 20 heavy (non-hydrogen) atoms. The van der Waals surface area contributed by atoms with Gasteiger partial charge in [-0.3, -0.25) is 0 Å². The lowest BCUT2D eigenvalue weighted by molar-refractivity contribution is 0.362. The summed E-state index contributed by atoms with van der Waals surface area (Å²) >= 11 is 7.52. The zero-order valence-electron chi connectivity index (χ0n) is 11.1. The molecule has 0 amide bonds. The Labute approximate surface area is 127 Å². The number of nitriles is 1. The number of benzene rings is 1. The lowest BCUT2D eigenvalue weighted by atomic mass is 10.2. The van der Waals surface area contributed by atoms with Crippen LogP contribution in [0.5, 0.6) is 5.75 Å². The molecule has 0 saturated carbocycles. The molecule has 0 aliphatic carbocycles. The van der Waals surface area contributed by atoms with Crippen LogP contribution in [0.2, 0.25) is 4.34 Å². The molecule has 2 rings (SSSR count). The van der Waals surface area contributed by atoms with Crippen LogP contribution in [-0.4, -0.2) is 6.61 Å². The lowest BCUT2D eigenvalue weighted by Gasteiger charge is -2.14. The van der Waals surface area contributed by atoms with Gasteiger partial charge in [-0.2, -0.15) is 5.26 Å². The smallest absolute Gasteiger partial charge is 0.174 e. The topological polar surface area (TPSA) is 45.0 Å². The second-order valence-electron chi connectivity index (χ2n) is 4.30. The standard InChI is InChI=1S/C15H15ClN2OS/c1-11(14-6-7-15(16)20-14)18-10-12-4-2-3-5-13(12)19-9-8-17/h2-7,11,18H,9-10H2,1H3. The number of nitrogens with one attached hydrogen (secondary N) is 1. The number of nitrogens with zero attached hydrogens (tertiary/aromatic N) is 1. The first kappa shape index (κ1) is 14.9. The van der Waals surface area contributed by atoms with Crippen LogP contribution in [0, 0.1) is 11.3 Å². The van der Waals surface area contributed by atoms with Crippen LogP contribution >= 0.6 is 22.9 Å². The first-order chi connectivity index (χ1) is 9.70. The number of thiophene rings is 1. The number of ether oxygens (including phenoxy) is 1. The highest BCUT2D eigenvalue weighted by Gasteiger charge is 2.09. The van der Waals surface area contributed by atoms with Crippen molar-refractivity contribution in [3.8, 4) is 11.8 Å². The molecule has 0 aliphatic rings. The minimum absolute atomic E-state index is 0.0626. The first-order valence-corrected chi connectivity index (χ1v) is 7.46. The Morgan fingerprint density at radius 2 is 2.15 bits per heavy atom. The van der Waals surface area contributed by atoms with Crippen LogP contribution in [-0.2, 0) is 6.54 Å². The van der Waals surface area contributed by atoms with Crippen molar-refractivity contribution in [3.05, 3.63) is 51.2 Å². The highest BCUT2D eigenvalue weighted by Crippen LogP contribution is 2.27. The monoisotopic (exact) mass is 306 g/mol. The summed E-state index contributed by atoms with van der Waals surface area (Å²) in [4.78, 5) is 1.20. The van der Waals surface area contributed by atoms with Gasteiger partial charge in [0.05, 0.1) is 4.34 Å². The summed E-state index contributed by atoms with van der Waals surface area (Å²) in [7, 11) is 0. The van der Waals surface area contributed by atoms with Gasteiger partial charge < -0.3 is 10.1 Å². The highest BCUT2D eigenvalue weighted by atomic mass is 35.5. The second-order valence-corrected chi connectivity index (χ2v) is 6.05. The van der Waals surface area contributed by atoms with Gasteiger partial charge in [-0.15, -0.1) is 11.3 Å². The molecule has 0 fully saturated rings. The van der Waals surface area contributed by atoms with Crippen LogP contribution in [0.1, 0.15) is 23.4 Å². The quantitative estimate of drug-likeness (QED) is 0.871. The Morgan fingerprint density at radius 3 is 2.85 bits per heavy atom. The van der Waals surface area contributed by atoms with E-state index >= 15 is 0 Å². The van der Waals surface area contributed by atoms with E-state index in [4.69, 9.17) is 21.6 Å². The molecule has 104 valence electrons. The molecule has 0 bridgehead atoms. The lowest BCUT2D eigenvalue weighted by Crippen LogP contribution is -2.17. The van der Waals surface area contributed by atoms with E-state index in [-0.39, 0.29) is 12.6 Å². The van der Waals surface area contributed by atoms with E-state index in [2.05, 4.69) is 12.2 Å². The van der Waals surface area contributed by atoms with Crippen molar-refractivity contribution >= 4 is 22.9 Å². The summed E-state index contributed by atoms with van der Waals surface area (Å²) in [5.74, 6) is 0.748. The molecule has 2 aromatic rings. The molecule has 0 saturated heterocycles. The molecule has 0 radical (unpaired) electrons. The first-order valence-electron chi connectivity index (χ1n) is 6.27. The molecular weight excluding hydrogens is 292 g/mol. The van der Waals surface area contributed by atoms with Crippen molar-refractivity contribution in [3.63, 3.8) is 0 Å². The molecule has 0 spiro atoms. The van der Waals surface area contributed by atoms with Crippen molar-refractivity contribution in [2.45, 2.75) is 19.5 Å². The Balaban J connectivity index is 1.98. The predicted molar refractivity (Wildman–Crippen MR) is 82.1 cm³/mol. The molecule has 1 aromatic carbocycles. The summed E-state index contributed by atoms with van der Waals surface area (Å²) in [6, 6.07) is 13.9. The average Bonchev–Trinajstić information content (AvgIpc) is 2.90. The van der Waals surface area contributed by atoms with E-state index in [0.717, 1.165) is 15.6 Å². The minimum atomic E-state index is 0.0626. The van der Waals surface area contributed by atoms with Crippen molar-refractivity contribution in [1.82, 2.24) is 5.32 Å². The maximum absolute atomic E-state index is 8.59. The normalized spacial score (nSPS) is 11.8. The molecule has 1 unspecified atom stereocenters. The van der Waals surface area contributed by atoms with E-state index in [9.17, 15) is 0 Å². The summed E-state index contributed by atoms with van der Waals surface area (Å²) in [6.07, 6.45) is 0. The third-order valence-electron chi connectivity index (χ3n) is 2.88. The van der Waals surface area contributed by atoms with Crippen LogP contribution in [0.25, 0.3) is 0 Å². The van der Waals surface area contributed by atoms with Gasteiger partial charge in [-0.1, -0.05) is 29.8 Å². The molecule has 0 aliphatic heterocycles. The largest absolute Gasteiger partial charge is 0.478 e. The Kier molecular flexibility index (Phi) is 5.42. The fourth-order valence-electron chi connectivity index (χ4n) is 1.83. The summed E-state index contributed by atoms with van der Waals surface area (Å²) in [6.45, 7) is 2.84. The molecule has 1 N–H and O–H groups in total. The number of rotatable bonds is 6. The van der Waals surface area contributed by atoms with E-state index in [1.807, 2.05) is 42.5 Å². The Bertz CT molecular complexity index is 606. The molecule has 1 heterocycles. The number of hydrogen-bond acceptors (Lipinski definition) is 4. The van der Waals surface area contributed by atoms with Gasteiger partial charge >= 0.3 is 0 Å². The number of halogens is 1. The number of para-hydroxylation sites is 1. The number of hydrogen-bond donors (Lipinski definition) is 1. The van der Waals surface area contributed by atoms with Crippen molar-refractivity contribution in [1.29, 1.82) is 5.26 Å². The molecule has 3 nitrogen and oxygen atoms in total. The van der Waals surface area contributed by atoms with Gasteiger partial charge in [-0.25, -0.2) is 0 Å². The van der Waals surface area contributed by atoms with Crippen molar-refractivity contribution < 1.29 is 4.74 Å².